The van der Waals surface area contributed by atoms with Gasteiger partial charge in [0.15, 0.2) is 0 Å². The maximum absolute atomic E-state index is 13.1. The summed E-state index contributed by atoms with van der Waals surface area (Å²) in [5.74, 6) is -0.809. The third-order valence-electron chi connectivity index (χ3n) is 4.72. The van der Waals surface area contributed by atoms with Gasteiger partial charge in [0.05, 0.1) is 39.2 Å². The lowest BCUT2D eigenvalue weighted by atomic mass is 10.0. The fraction of sp³-hybridized carbons (Fsp3) is 0.478. The Kier molecular flexibility index (Phi) is 9.73. The number of esters is 1. The number of carbonyl (C=O) groups is 2. The van der Waals surface area contributed by atoms with Gasteiger partial charge in [0.1, 0.15) is 12.6 Å². The van der Waals surface area contributed by atoms with E-state index < -0.39 is 12.0 Å². The zero-order valence-electron chi connectivity index (χ0n) is 18.2. The smallest absolute Gasteiger partial charge is 0.328 e. The van der Waals surface area contributed by atoms with Crippen molar-refractivity contribution in [1.82, 2.24) is 0 Å². The van der Waals surface area contributed by atoms with Gasteiger partial charge in [-0.05, 0) is 31.7 Å². The molecule has 0 heterocycles. The molecule has 0 aromatic heterocycles. The van der Waals surface area contributed by atoms with E-state index >= 15 is 0 Å². The van der Waals surface area contributed by atoms with Gasteiger partial charge in [0.25, 0.3) is 5.91 Å². The number of hydrogen-bond acceptors (Lipinski definition) is 6. The Bertz CT molecular complexity index is 838. The molecule has 0 aliphatic rings. The average molecular weight is 418 g/mol. The average Bonchev–Trinajstić information content (AvgIpc) is 2.76. The van der Waals surface area contributed by atoms with Gasteiger partial charge in [-0.15, -0.1) is 0 Å². The van der Waals surface area contributed by atoms with E-state index in [-0.39, 0.29) is 19.1 Å². The van der Waals surface area contributed by atoms with Crippen molar-refractivity contribution in [2.75, 3.05) is 51.7 Å². The number of anilines is 1. The standard InChI is InChI=1S/C23H31NO6/c1-5-28-12-13-29-14-15-30-16-21(25)24(18(3)23(26)27-4)22-17(2)10-11-19-8-6-7-9-20(19)22/h6-11,18H,5,12-16H2,1-4H3. The Morgan fingerprint density at radius 3 is 2.33 bits per heavy atom. The molecule has 0 saturated heterocycles. The van der Waals surface area contributed by atoms with Gasteiger partial charge < -0.3 is 18.9 Å². The van der Waals surface area contributed by atoms with Crippen molar-refractivity contribution >= 4 is 28.3 Å². The maximum atomic E-state index is 13.1. The molecule has 0 fully saturated rings. The lowest BCUT2D eigenvalue weighted by Crippen LogP contribution is -2.46. The number of nitrogens with zero attached hydrogens (tertiary/aromatic N) is 1. The van der Waals surface area contributed by atoms with Crippen molar-refractivity contribution in [1.29, 1.82) is 0 Å². The molecule has 2 aromatic carbocycles. The number of aryl methyl sites for hydroxylation is 1. The van der Waals surface area contributed by atoms with Gasteiger partial charge in [-0.25, -0.2) is 4.79 Å². The van der Waals surface area contributed by atoms with E-state index in [0.717, 1.165) is 16.3 Å². The predicted molar refractivity (Wildman–Crippen MR) is 116 cm³/mol. The number of methoxy groups -OCH3 is 1. The van der Waals surface area contributed by atoms with Crippen LogP contribution in [0.4, 0.5) is 5.69 Å². The van der Waals surface area contributed by atoms with Crippen LogP contribution in [0.3, 0.4) is 0 Å². The first-order chi connectivity index (χ1) is 14.5. The Balaban J connectivity index is 2.14. The van der Waals surface area contributed by atoms with Crippen LogP contribution in [0, 0.1) is 6.92 Å². The molecule has 164 valence electrons. The molecule has 0 bridgehead atoms. The van der Waals surface area contributed by atoms with E-state index in [2.05, 4.69) is 0 Å². The highest BCUT2D eigenvalue weighted by molar-refractivity contribution is 6.08. The second-order valence-electron chi connectivity index (χ2n) is 6.78. The molecule has 2 rings (SSSR count). The third kappa shape index (κ3) is 6.26. The van der Waals surface area contributed by atoms with Crippen LogP contribution in [0.5, 0.6) is 0 Å². The SMILES string of the molecule is CCOCCOCCOCC(=O)N(c1c(C)ccc2ccccc12)C(C)C(=O)OC. The van der Waals surface area contributed by atoms with Crippen LogP contribution in [0.15, 0.2) is 36.4 Å². The molecule has 0 radical (unpaired) electrons. The van der Waals surface area contributed by atoms with Crippen LogP contribution in [-0.2, 0) is 28.5 Å². The van der Waals surface area contributed by atoms with Gasteiger partial charge in [-0.3, -0.25) is 9.69 Å². The number of rotatable bonds is 12. The number of carbonyl (C=O) groups excluding carboxylic acids is 2. The summed E-state index contributed by atoms with van der Waals surface area (Å²) in [4.78, 5) is 26.9. The number of hydrogen-bond donors (Lipinski definition) is 0. The quantitative estimate of drug-likeness (QED) is 0.390. The molecule has 2 aromatic rings. The van der Waals surface area contributed by atoms with Gasteiger partial charge >= 0.3 is 5.97 Å². The second-order valence-corrected chi connectivity index (χ2v) is 6.78. The lowest BCUT2D eigenvalue weighted by Gasteiger charge is -2.30. The maximum Gasteiger partial charge on any atom is 0.328 e. The Morgan fingerprint density at radius 1 is 0.967 bits per heavy atom. The molecule has 7 heteroatoms. The fourth-order valence-electron chi connectivity index (χ4n) is 3.21. The predicted octanol–water partition coefficient (Wildman–Crippen LogP) is 3.11. The number of fused-ring (bicyclic) bond motifs is 1. The van der Waals surface area contributed by atoms with Crippen LogP contribution in [0.1, 0.15) is 19.4 Å². The Labute approximate surface area is 177 Å². The monoisotopic (exact) mass is 417 g/mol. The van der Waals surface area contributed by atoms with E-state index in [1.165, 1.54) is 12.0 Å². The molecule has 0 aliphatic heterocycles. The highest BCUT2D eigenvalue weighted by atomic mass is 16.5. The van der Waals surface area contributed by atoms with Crippen molar-refractivity contribution in [2.24, 2.45) is 0 Å². The summed E-state index contributed by atoms with van der Waals surface area (Å²) < 4.78 is 21.0. The van der Waals surface area contributed by atoms with Crippen molar-refractivity contribution in [3.8, 4) is 0 Å². The normalized spacial score (nSPS) is 12.0. The summed E-state index contributed by atoms with van der Waals surface area (Å²) in [6.07, 6.45) is 0. The van der Waals surface area contributed by atoms with E-state index in [4.69, 9.17) is 18.9 Å². The largest absolute Gasteiger partial charge is 0.467 e. The van der Waals surface area contributed by atoms with Crippen molar-refractivity contribution in [3.63, 3.8) is 0 Å². The van der Waals surface area contributed by atoms with Gasteiger partial charge in [-0.1, -0.05) is 36.4 Å². The van der Waals surface area contributed by atoms with E-state index in [9.17, 15) is 9.59 Å². The summed E-state index contributed by atoms with van der Waals surface area (Å²) in [5, 5.41) is 1.87. The van der Waals surface area contributed by atoms with Crippen molar-refractivity contribution in [3.05, 3.63) is 42.0 Å². The van der Waals surface area contributed by atoms with Crippen LogP contribution in [0.25, 0.3) is 10.8 Å². The fourth-order valence-corrected chi connectivity index (χ4v) is 3.21. The number of ether oxygens (including phenoxy) is 4. The lowest BCUT2D eigenvalue weighted by molar-refractivity contribution is -0.143. The van der Waals surface area contributed by atoms with Gasteiger partial charge in [0, 0.05) is 12.0 Å². The first kappa shape index (κ1) is 23.8. The van der Waals surface area contributed by atoms with Crippen LogP contribution in [0.2, 0.25) is 0 Å². The minimum atomic E-state index is -0.793. The molecule has 0 saturated carbocycles. The number of benzene rings is 2. The van der Waals surface area contributed by atoms with Crippen LogP contribution < -0.4 is 4.90 Å². The first-order valence-corrected chi connectivity index (χ1v) is 10.1. The molecule has 0 spiro atoms. The summed E-state index contributed by atoms with van der Waals surface area (Å²) in [7, 11) is 1.31. The van der Waals surface area contributed by atoms with E-state index in [1.54, 1.807) is 6.92 Å². The summed E-state index contributed by atoms with van der Waals surface area (Å²) in [6.45, 7) is 7.61. The highest BCUT2D eigenvalue weighted by Gasteiger charge is 2.30. The molecular weight excluding hydrogens is 386 g/mol. The molecule has 0 aliphatic carbocycles. The molecule has 1 amide bonds. The Morgan fingerprint density at radius 2 is 1.63 bits per heavy atom. The zero-order valence-corrected chi connectivity index (χ0v) is 18.2. The van der Waals surface area contributed by atoms with Crippen LogP contribution >= 0.6 is 0 Å². The van der Waals surface area contributed by atoms with Crippen molar-refractivity contribution in [2.45, 2.75) is 26.8 Å². The summed E-state index contributed by atoms with van der Waals surface area (Å²) in [6, 6.07) is 10.9. The molecule has 1 unspecified atom stereocenters. The highest BCUT2D eigenvalue weighted by Crippen LogP contribution is 2.32. The molecular formula is C23H31NO6. The van der Waals surface area contributed by atoms with Gasteiger partial charge in [0.2, 0.25) is 0 Å². The van der Waals surface area contributed by atoms with Crippen LogP contribution in [-0.4, -0.2) is 64.7 Å². The molecule has 30 heavy (non-hydrogen) atoms. The van der Waals surface area contributed by atoms with Crippen molar-refractivity contribution < 1.29 is 28.5 Å². The number of amides is 1. The minimum Gasteiger partial charge on any atom is -0.467 e. The summed E-state index contributed by atoms with van der Waals surface area (Å²) in [5.41, 5.74) is 1.57. The zero-order chi connectivity index (χ0) is 21.9. The first-order valence-electron chi connectivity index (χ1n) is 10.1. The molecule has 7 nitrogen and oxygen atoms in total. The van der Waals surface area contributed by atoms with E-state index in [1.807, 2.05) is 50.2 Å². The molecule has 0 N–H and O–H groups in total. The summed E-state index contributed by atoms with van der Waals surface area (Å²) >= 11 is 0. The van der Waals surface area contributed by atoms with Gasteiger partial charge in [-0.2, -0.15) is 0 Å². The third-order valence-corrected chi connectivity index (χ3v) is 4.72. The second kappa shape index (κ2) is 12.3. The molecule has 1 atom stereocenters. The topological polar surface area (TPSA) is 74.3 Å². The Hall–Kier alpha value is -2.48. The van der Waals surface area contributed by atoms with E-state index in [0.29, 0.717) is 32.1 Å². The minimum absolute atomic E-state index is 0.168.